The second-order valence-corrected chi connectivity index (χ2v) is 19.7. The second-order valence-electron chi connectivity index (χ2n) is 19.7. The second kappa shape index (κ2) is 52.8. The zero-order valence-electron chi connectivity index (χ0n) is 48.0. The molecule has 0 unspecified atom stereocenters. The summed E-state index contributed by atoms with van der Waals surface area (Å²) in [4.78, 5) is 128. The molecular weight excluding hydrogens is 1050 g/mol. The van der Waals surface area contributed by atoms with Crippen LogP contribution in [0.4, 0.5) is 0 Å². The zero-order valence-corrected chi connectivity index (χ0v) is 48.0. The Morgan fingerprint density at radius 2 is 0.875 bits per heavy atom. The van der Waals surface area contributed by atoms with Crippen molar-refractivity contribution < 1.29 is 97.2 Å². The number of ketones is 2. The van der Waals surface area contributed by atoms with Crippen LogP contribution in [0.5, 0.6) is 0 Å². The van der Waals surface area contributed by atoms with E-state index in [0.29, 0.717) is 64.9 Å². The van der Waals surface area contributed by atoms with Crippen molar-refractivity contribution in [1.29, 1.82) is 0 Å². The molecule has 0 aliphatic rings. The smallest absolute Gasteiger partial charge is 0.326 e. The highest BCUT2D eigenvalue weighted by atomic mass is 16.5. The molecular formula is C56H98N4O20. The van der Waals surface area contributed by atoms with Crippen molar-refractivity contribution >= 4 is 65.0 Å². The largest absolute Gasteiger partial charge is 0.481 e. The van der Waals surface area contributed by atoms with Gasteiger partial charge in [0.05, 0.1) is 31.7 Å². The van der Waals surface area contributed by atoms with Crippen LogP contribution in [0.25, 0.3) is 0 Å². The summed E-state index contributed by atoms with van der Waals surface area (Å²) in [7, 11) is 0. The minimum Gasteiger partial charge on any atom is -0.481 e. The summed E-state index contributed by atoms with van der Waals surface area (Å²) < 4.78 is 20.5. The number of carbonyl (C=O) groups excluding carboxylic acids is 6. The summed E-state index contributed by atoms with van der Waals surface area (Å²) in [6.45, 7) is 7.33. The number of aliphatic carboxylic acids is 5. The molecule has 462 valence electrons. The van der Waals surface area contributed by atoms with Crippen molar-refractivity contribution in [2.45, 2.75) is 213 Å². The van der Waals surface area contributed by atoms with E-state index >= 15 is 0 Å². The first-order valence-electron chi connectivity index (χ1n) is 28.8. The van der Waals surface area contributed by atoms with Crippen molar-refractivity contribution in [1.82, 2.24) is 21.3 Å². The normalized spacial score (nSPS) is 12.4. The number of ether oxygens (including phenoxy) is 4. The van der Waals surface area contributed by atoms with Gasteiger partial charge in [-0.05, 0) is 65.2 Å². The zero-order chi connectivity index (χ0) is 60.2. The SMILES string of the molecule is CCOCC(=O)NCCOCCOCC(=O)N[C@@H](CCC(=O)C[C@@H](CCC(=O)NCCCC[C@H](C)C(=O)O)C(=O)O)C(=O)O.CCOCCCC(=O)CC[C@H](NC(=O)CCCCCCCCCCCCCCCCC(=O)O)C(=O)O. The van der Waals surface area contributed by atoms with Crippen LogP contribution >= 0.6 is 0 Å². The van der Waals surface area contributed by atoms with Crippen molar-refractivity contribution in [3.8, 4) is 0 Å². The fraction of sp³-hybridized carbons (Fsp3) is 0.804. The Morgan fingerprint density at radius 1 is 0.375 bits per heavy atom. The summed E-state index contributed by atoms with van der Waals surface area (Å²) in [6, 6.07) is -2.40. The quantitative estimate of drug-likeness (QED) is 0.0314. The third-order valence-electron chi connectivity index (χ3n) is 12.6. The number of unbranched alkanes of at least 4 members (excludes halogenated alkanes) is 14. The molecule has 0 aromatic heterocycles. The van der Waals surface area contributed by atoms with Crippen molar-refractivity contribution in [3.05, 3.63) is 0 Å². The van der Waals surface area contributed by atoms with Crippen molar-refractivity contribution in [2.75, 3.05) is 65.9 Å². The lowest BCUT2D eigenvalue weighted by Gasteiger charge is -2.15. The molecule has 0 fully saturated rings. The monoisotopic (exact) mass is 1150 g/mol. The molecule has 4 amide bonds. The molecule has 0 heterocycles. The van der Waals surface area contributed by atoms with E-state index < -0.39 is 78.5 Å². The van der Waals surface area contributed by atoms with Gasteiger partial charge in [-0.2, -0.15) is 0 Å². The minimum atomic E-state index is -1.39. The molecule has 0 saturated carbocycles. The van der Waals surface area contributed by atoms with Crippen LogP contribution in [0.1, 0.15) is 201 Å². The maximum atomic E-state index is 12.4. The third-order valence-corrected chi connectivity index (χ3v) is 12.6. The predicted octanol–water partition coefficient (Wildman–Crippen LogP) is 6.02. The number of hydrogen-bond donors (Lipinski definition) is 9. The molecule has 0 aromatic carbocycles. The molecule has 0 rings (SSSR count). The van der Waals surface area contributed by atoms with Crippen molar-refractivity contribution in [2.24, 2.45) is 11.8 Å². The summed E-state index contributed by atoms with van der Waals surface area (Å²) in [5.41, 5.74) is 0. The Hall–Kier alpha value is -5.59. The van der Waals surface area contributed by atoms with E-state index in [9.17, 15) is 68.1 Å². The van der Waals surface area contributed by atoms with Gasteiger partial charge in [0, 0.05) is 77.9 Å². The van der Waals surface area contributed by atoms with Crippen LogP contribution in [0, 0.1) is 11.8 Å². The van der Waals surface area contributed by atoms with E-state index in [-0.39, 0.29) is 101 Å². The summed E-state index contributed by atoms with van der Waals surface area (Å²) in [6.07, 6.45) is 18.0. The topological polar surface area (TPSA) is 374 Å². The summed E-state index contributed by atoms with van der Waals surface area (Å²) in [5, 5.41) is 55.7. The lowest BCUT2D eigenvalue weighted by molar-refractivity contribution is -0.145. The molecule has 0 radical (unpaired) electrons. The molecule has 80 heavy (non-hydrogen) atoms. The van der Waals surface area contributed by atoms with Gasteiger partial charge >= 0.3 is 29.8 Å². The highest BCUT2D eigenvalue weighted by molar-refractivity contribution is 5.87. The lowest BCUT2D eigenvalue weighted by atomic mass is 9.94. The molecule has 4 atom stereocenters. The van der Waals surface area contributed by atoms with E-state index in [2.05, 4.69) is 21.3 Å². The van der Waals surface area contributed by atoms with Gasteiger partial charge in [0.25, 0.3) is 0 Å². The Balaban J connectivity index is 0. The van der Waals surface area contributed by atoms with Crippen LogP contribution in [0.2, 0.25) is 0 Å². The molecule has 0 bridgehead atoms. The Morgan fingerprint density at radius 3 is 1.40 bits per heavy atom. The van der Waals surface area contributed by atoms with Crippen LogP contribution in [0.3, 0.4) is 0 Å². The van der Waals surface area contributed by atoms with Crippen LogP contribution < -0.4 is 21.3 Å². The number of carboxylic acids is 5. The number of carboxylic acid groups (broad SMARTS) is 5. The van der Waals surface area contributed by atoms with Gasteiger partial charge in [-0.25, -0.2) is 9.59 Å². The van der Waals surface area contributed by atoms with Crippen LogP contribution in [-0.2, 0) is 71.7 Å². The van der Waals surface area contributed by atoms with Gasteiger partial charge in [-0.15, -0.1) is 0 Å². The molecule has 0 aliphatic carbocycles. The fourth-order valence-electron chi connectivity index (χ4n) is 7.86. The predicted molar refractivity (Wildman–Crippen MR) is 295 cm³/mol. The fourth-order valence-corrected chi connectivity index (χ4v) is 7.86. The van der Waals surface area contributed by atoms with Gasteiger partial charge in [0.2, 0.25) is 23.6 Å². The van der Waals surface area contributed by atoms with Crippen LogP contribution in [-0.4, -0.2) is 169 Å². The van der Waals surface area contributed by atoms with Crippen LogP contribution in [0.15, 0.2) is 0 Å². The van der Waals surface area contributed by atoms with Crippen molar-refractivity contribution in [3.63, 3.8) is 0 Å². The lowest BCUT2D eigenvalue weighted by Crippen LogP contribution is -2.43. The Bertz CT molecular complexity index is 1770. The minimum absolute atomic E-state index is 0.000154. The van der Waals surface area contributed by atoms with E-state index in [0.717, 1.165) is 44.9 Å². The van der Waals surface area contributed by atoms with E-state index in [1.54, 1.807) is 13.8 Å². The Kier molecular flexibility index (Phi) is 50.4. The number of carbonyl (C=O) groups is 11. The maximum Gasteiger partial charge on any atom is 0.326 e. The molecule has 24 heteroatoms. The summed E-state index contributed by atoms with van der Waals surface area (Å²) >= 11 is 0. The average molecular weight is 1150 g/mol. The third kappa shape index (κ3) is 50.6. The molecule has 0 spiro atoms. The number of hydrogen-bond acceptors (Lipinski definition) is 15. The first-order valence-corrected chi connectivity index (χ1v) is 28.8. The first-order chi connectivity index (χ1) is 38.2. The number of rotatable bonds is 55. The Labute approximate surface area is 472 Å². The first kappa shape index (κ1) is 76.5. The number of nitrogens with one attached hydrogen (secondary N) is 4. The highest BCUT2D eigenvalue weighted by Crippen LogP contribution is 2.17. The van der Waals surface area contributed by atoms with E-state index in [1.165, 1.54) is 44.9 Å². The molecule has 9 N–H and O–H groups in total. The average Bonchev–Trinajstić information content (AvgIpc) is 3.40. The molecule has 0 aliphatic heterocycles. The highest BCUT2D eigenvalue weighted by Gasteiger charge is 2.26. The van der Waals surface area contributed by atoms with Gasteiger partial charge in [-0.3, -0.25) is 43.2 Å². The van der Waals surface area contributed by atoms with Gasteiger partial charge in [0.1, 0.15) is 36.9 Å². The standard InChI is InChI=1S/C28H47N3O13.C28H51NO7/c1-3-42-17-24(34)30-12-13-43-14-15-44-18-25(35)31-22(28(40)41)9-8-21(32)16-20(27(38)39)7-10-23(33)29-11-5-4-6-19(2)26(36)37;1-2-36-23-17-18-24(30)21-22-25(28(34)35)29-26(31)19-15-13-11-9-7-5-3-4-6-8-10-12-14-16-20-27(32)33/h19-20,22H,3-18H2,1-2H3,(H,29,33)(H,30,34)(H,31,35)(H,36,37)(H,38,39)(H,40,41);25H,2-23H2,1H3,(H,29,31)(H,32,33)(H,34,35)/t19-,20+,22-;25-/m00/s1. The van der Waals surface area contributed by atoms with Gasteiger partial charge in [-0.1, -0.05) is 90.4 Å². The summed E-state index contributed by atoms with van der Waals surface area (Å²) in [5.74, 6) is -9.08. The van der Waals surface area contributed by atoms with E-state index in [1.807, 2.05) is 6.92 Å². The van der Waals surface area contributed by atoms with Gasteiger partial charge in [0.15, 0.2) is 0 Å². The molecule has 24 nitrogen and oxygen atoms in total. The number of amides is 4. The van der Waals surface area contributed by atoms with Gasteiger partial charge < -0.3 is 65.7 Å². The molecule has 0 aromatic rings. The van der Waals surface area contributed by atoms with E-state index in [4.69, 9.17) is 29.2 Å². The number of Topliss-reactive ketones (excluding diaryl/α,β-unsaturated/α-hetero) is 2. The maximum absolute atomic E-state index is 12.4. The molecule has 0 saturated heterocycles.